The number of anilines is 1. The van der Waals surface area contributed by atoms with Gasteiger partial charge in [0.1, 0.15) is 6.04 Å². The summed E-state index contributed by atoms with van der Waals surface area (Å²) < 4.78 is 0. The van der Waals surface area contributed by atoms with Gasteiger partial charge in [-0.25, -0.2) is 0 Å². The van der Waals surface area contributed by atoms with Crippen molar-refractivity contribution in [2.75, 3.05) is 11.4 Å². The molecule has 0 saturated carbocycles. The van der Waals surface area contributed by atoms with Crippen LogP contribution in [0.2, 0.25) is 0 Å². The molecule has 0 unspecified atom stereocenters. The van der Waals surface area contributed by atoms with Crippen LogP contribution in [0.5, 0.6) is 0 Å². The predicted octanol–water partition coefficient (Wildman–Crippen LogP) is 1.16. The monoisotopic (exact) mass is 290 g/mol. The molecule has 112 valence electrons. The number of hydrogen-bond donors (Lipinski definition) is 2. The van der Waals surface area contributed by atoms with Crippen molar-refractivity contribution in [3.8, 4) is 0 Å². The molecule has 1 heterocycles. The van der Waals surface area contributed by atoms with Crippen LogP contribution in [0.1, 0.15) is 25.7 Å². The van der Waals surface area contributed by atoms with Crippen LogP contribution in [0.25, 0.3) is 0 Å². The average Bonchev–Trinajstić information content (AvgIpc) is 2.90. The highest BCUT2D eigenvalue weighted by molar-refractivity contribution is 6.00. The van der Waals surface area contributed by atoms with Crippen LogP contribution in [-0.2, 0) is 14.4 Å². The lowest BCUT2D eigenvalue weighted by Gasteiger charge is -2.25. The Balaban J connectivity index is 2.09. The van der Waals surface area contributed by atoms with Crippen molar-refractivity contribution < 1.29 is 19.5 Å². The lowest BCUT2D eigenvalue weighted by atomic mass is 10.1. The highest BCUT2D eigenvalue weighted by atomic mass is 16.4. The number of hydrogen-bond acceptors (Lipinski definition) is 3. The third-order valence-electron chi connectivity index (χ3n) is 3.40. The highest BCUT2D eigenvalue weighted by Gasteiger charge is 2.31. The Bertz CT molecular complexity index is 530. The van der Waals surface area contributed by atoms with Crippen molar-refractivity contribution in [3.05, 3.63) is 30.3 Å². The SMILES string of the molecule is O=C(O)CCCN(C(=O)[C@H]1CCC(=O)N1)c1ccccc1. The summed E-state index contributed by atoms with van der Waals surface area (Å²) in [6.45, 7) is 0.321. The number of nitrogens with one attached hydrogen (secondary N) is 1. The third-order valence-corrected chi connectivity index (χ3v) is 3.40. The second-order valence-electron chi connectivity index (χ2n) is 4.98. The summed E-state index contributed by atoms with van der Waals surface area (Å²) in [4.78, 5) is 36.0. The van der Waals surface area contributed by atoms with Crippen LogP contribution in [0.3, 0.4) is 0 Å². The summed E-state index contributed by atoms with van der Waals surface area (Å²) in [6, 6.07) is 8.58. The Hall–Kier alpha value is -2.37. The number of carbonyl (C=O) groups excluding carboxylic acids is 2. The van der Waals surface area contributed by atoms with E-state index in [-0.39, 0.29) is 18.2 Å². The molecule has 1 fully saturated rings. The number of para-hydroxylation sites is 1. The van der Waals surface area contributed by atoms with Gasteiger partial charge in [-0.2, -0.15) is 0 Å². The van der Waals surface area contributed by atoms with Crippen LogP contribution < -0.4 is 10.2 Å². The van der Waals surface area contributed by atoms with Gasteiger partial charge in [-0.1, -0.05) is 18.2 Å². The molecular weight excluding hydrogens is 272 g/mol. The number of carboxylic acids is 1. The third kappa shape index (κ3) is 4.05. The average molecular weight is 290 g/mol. The Morgan fingerprint density at radius 1 is 1.29 bits per heavy atom. The fourth-order valence-corrected chi connectivity index (χ4v) is 2.35. The maximum atomic E-state index is 12.5. The molecule has 0 aliphatic carbocycles. The van der Waals surface area contributed by atoms with Gasteiger partial charge in [0.2, 0.25) is 11.8 Å². The van der Waals surface area contributed by atoms with E-state index in [0.717, 1.165) is 0 Å². The maximum Gasteiger partial charge on any atom is 0.303 e. The number of nitrogens with zero attached hydrogens (tertiary/aromatic N) is 1. The van der Waals surface area contributed by atoms with E-state index in [9.17, 15) is 14.4 Å². The van der Waals surface area contributed by atoms with Crippen molar-refractivity contribution in [3.63, 3.8) is 0 Å². The fourth-order valence-electron chi connectivity index (χ4n) is 2.35. The summed E-state index contributed by atoms with van der Waals surface area (Å²) >= 11 is 0. The zero-order valence-electron chi connectivity index (χ0n) is 11.6. The predicted molar refractivity (Wildman–Crippen MR) is 76.8 cm³/mol. The van der Waals surface area contributed by atoms with Gasteiger partial charge in [0.15, 0.2) is 0 Å². The minimum absolute atomic E-state index is 0.00758. The molecule has 0 bridgehead atoms. The normalized spacial score (nSPS) is 17.3. The van der Waals surface area contributed by atoms with Gasteiger partial charge >= 0.3 is 5.97 Å². The minimum Gasteiger partial charge on any atom is -0.481 e. The first-order valence-corrected chi connectivity index (χ1v) is 6.95. The van der Waals surface area contributed by atoms with E-state index < -0.39 is 12.0 Å². The number of benzene rings is 1. The van der Waals surface area contributed by atoms with Crippen molar-refractivity contribution in [1.29, 1.82) is 0 Å². The largest absolute Gasteiger partial charge is 0.481 e. The van der Waals surface area contributed by atoms with E-state index in [4.69, 9.17) is 5.11 Å². The van der Waals surface area contributed by atoms with Gasteiger partial charge in [-0.3, -0.25) is 14.4 Å². The Labute approximate surface area is 122 Å². The van der Waals surface area contributed by atoms with Crippen LogP contribution in [-0.4, -0.2) is 35.5 Å². The molecule has 1 aliphatic rings. The Morgan fingerprint density at radius 3 is 2.57 bits per heavy atom. The lowest BCUT2D eigenvalue weighted by Crippen LogP contribution is -2.45. The maximum absolute atomic E-state index is 12.5. The standard InChI is InChI=1S/C15H18N2O4/c18-13-9-8-12(16-13)15(21)17(10-4-7-14(19)20)11-5-2-1-3-6-11/h1-3,5-6,12H,4,7-10H2,(H,16,18)(H,19,20)/t12-/m1/s1. The molecule has 2 rings (SSSR count). The number of rotatable bonds is 6. The van der Waals surface area contributed by atoms with Crippen molar-refractivity contribution in [2.45, 2.75) is 31.7 Å². The molecular formula is C15H18N2O4. The molecule has 6 heteroatoms. The number of carboxylic acid groups (broad SMARTS) is 1. The first-order valence-electron chi connectivity index (χ1n) is 6.95. The van der Waals surface area contributed by atoms with Crippen molar-refractivity contribution in [2.24, 2.45) is 0 Å². The minimum atomic E-state index is -0.885. The molecule has 2 amide bonds. The fraction of sp³-hybridized carbons (Fsp3) is 0.400. The number of carbonyl (C=O) groups is 3. The van der Waals surface area contributed by atoms with Crippen LogP contribution >= 0.6 is 0 Å². The Morgan fingerprint density at radius 2 is 2.00 bits per heavy atom. The summed E-state index contributed by atoms with van der Waals surface area (Å²) in [6.07, 6.45) is 1.22. The summed E-state index contributed by atoms with van der Waals surface area (Å²) in [5.41, 5.74) is 0.717. The first kappa shape index (κ1) is 15.0. The molecule has 0 spiro atoms. The molecule has 1 aromatic rings. The number of aliphatic carboxylic acids is 1. The van der Waals surface area contributed by atoms with E-state index in [1.807, 2.05) is 18.2 Å². The number of amides is 2. The molecule has 2 N–H and O–H groups in total. The van der Waals surface area contributed by atoms with Gasteiger partial charge in [0.05, 0.1) is 0 Å². The van der Waals surface area contributed by atoms with E-state index >= 15 is 0 Å². The Kier molecular flexibility index (Phi) is 4.92. The quantitative estimate of drug-likeness (QED) is 0.823. The van der Waals surface area contributed by atoms with Crippen molar-refractivity contribution in [1.82, 2.24) is 5.32 Å². The zero-order chi connectivity index (χ0) is 15.2. The molecule has 1 aromatic carbocycles. The summed E-state index contributed by atoms with van der Waals surface area (Å²) in [5.74, 6) is -1.19. The highest BCUT2D eigenvalue weighted by Crippen LogP contribution is 2.18. The van der Waals surface area contributed by atoms with Gasteiger partial charge in [-0.15, -0.1) is 0 Å². The van der Waals surface area contributed by atoms with E-state index in [2.05, 4.69) is 5.32 Å². The topological polar surface area (TPSA) is 86.7 Å². The molecule has 1 atom stereocenters. The van der Waals surface area contributed by atoms with Crippen LogP contribution in [0.15, 0.2) is 30.3 Å². The molecule has 21 heavy (non-hydrogen) atoms. The lowest BCUT2D eigenvalue weighted by molar-refractivity contribution is -0.137. The molecule has 1 saturated heterocycles. The molecule has 0 radical (unpaired) electrons. The van der Waals surface area contributed by atoms with Crippen molar-refractivity contribution >= 4 is 23.5 Å². The zero-order valence-corrected chi connectivity index (χ0v) is 11.6. The molecule has 1 aliphatic heterocycles. The first-order chi connectivity index (χ1) is 10.1. The van der Waals surface area contributed by atoms with E-state index in [1.165, 1.54) is 0 Å². The van der Waals surface area contributed by atoms with Gasteiger partial charge in [-0.05, 0) is 25.0 Å². The summed E-state index contributed by atoms with van der Waals surface area (Å²) in [5, 5.41) is 11.4. The van der Waals surface area contributed by atoms with Gasteiger partial charge < -0.3 is 15.3 Å². The second kappa shape index (κ2) is 6.88. The molecule has 0 aromatic heterocycles. The smallest absolute Gasteiger partial charge is 0.303 e. The van der Waals surface area contributed by atoms with E-state index in [1.54, 1.807) is 17.0 Å². The van der Waals surface area contributed by atoms with Crippen LogP contribution in [0, 0.1) is 0 Å². The van der Waals surface area contributed by atoms with Gasteiger partial charge in [0, 0.05) is 25.1 Å². The second-order valence-corrected chi connectivity index (χ2v) is 4.98. The van der Waals surface area contributed by atoms with Gasteiger partial charge in [0.25, 0.3) is 0 Å². The van der Waals surface area contributed by atoms with Crippen LogP contribution in [0.4, 0.5) is 5.69 Å². The summed E-state index contributed by atoms with van der Waals surface area (Å²) in [7, 11) is 0. The van der Waals surface area contributed by atoms with E-state index in [0.29, 0.717) is 31.5 Å². The molecule has 6 nitrogen and oxygen atoms in total.